The molecule has 3 rings (SSSR count). The average molecular weight is 441 g/mol. The summed E-state index contributed by atoms with van der Waals surface area (Å²) in [6.45, 7) is 1.98. The van der Waals surface area contributed by atoms with Crippen LogP contribution in [0, 0.1) is 5.92 Å². The summed E-state index contributed by atoms with van der Waals surface area (Å²) in [6, 6.07) is 14.1. The van der Waals surface area contributed by atoms with Gasteiger partial charge in [0.25, 0.3) is 0 Å². The topological polar surface area (TPSA) is 88.3 Å². The van der Waals surface area contributed by atoms with Crippen LogP contribution in [0.4, 0.5) is 5.69 Å². The molecule has 0 radical (unpaired) electrons. The predicted molar refractivity (Wildman–Crippen MR) is 121 cm³/mol. The van der Waals surface area contributed by atoms with Crippen LogP contribution in [0.25, 0.3) is 10.9 Å². The maximum Gasteiger partial charge on any atom is 0.305 e. The van der Waals surface area contributed by atoms with E-state index in [2.05, 4.69) is 10.3 Å². The largest absolute Gasteiger partial charge is 0.469 e. The number of nitrogens with one attached hydrogen (secondary N) is 2. The molecule has 1 aromatic heterocycles. The molecule has 0 aliphatic carbocycles. The molecular formula is C24H25ClN2O4. The highest BCUT2D eigenvalue weighted by molar-refractivity contribution is 6.31. The van der Waals surface area contributed by atoms with Gasteiger partial charge in [-0.25, -0.2) is 0 Å². The van der Waals surface area contributed by atoms with E-state index in [-0.39, 0.29) is 30.0 Å². The fourth-order valence-corrected chi connectivity index (χ4v) is 3.75. The molecule has 6 nitrogen and oxygen atoms in total. The second-order valence-corrected chi connectivity index (χ2v) is 7.79. The molecule has 0 aliphatic rings. The summed E-state index contributed by atoms with van der Waals surface area (Å²) < 4.78 is 4.70. The molecule has 1 atom stereocenters. The first-order valence-electron chi connectivity index (χ1n) is 10.2. The van der Waals surface area contributed by atoms with Gasteiger partial charge in [-0.1, -0.05) is 55.3 Å². The lowest BCUT2D eigenvalue weighted by atomic mass is 9.96. The van der Waals surface area contributed by atoms with Crippen LogP contribution < -0.4 is 5.32 Å². The average Bonchev–Trinajstić information content (AvgIpc) is 3.13. The minimum atomic E-state index is -0.374. The second-order valence-electron chi connectivity index (χ2n) is 7.35. The zero-order chi connectivity index (χ0) is 22.4. The number of hydrogen-bond donors (Lipinski definition) is 2. The van der Waals surface area contributed by atoms with Crippen molar-refractivity contribution in [2.45, 2.75) is 32.6 Å². The molecule has 0 fully saturated rings. The number of halogens is 1. The van der Waals surface area contributed by atoms with E-state index in [4.69, 9.17) is 16.3 Å². The van der Waals surface area contributed by atoms with Crippen molar-refractivity contribution < 1.29 is 19.1 Å². The molecule has 0 aliphatic heterocycles. The number of benzene rings is 2. The summed E-state index contributed by atoms with van der Waals surface area (Å²) in [5.41, 5.74) is 1.87. The molecule has 0 saturated heterocycles. The normalized spacial score (nSPS) is 11.8. The van der Waals surface area contributed by atoms with Crippen molar-refractivity contribution in [3.05, 3.63) is 64.8 Å². The smallest absolute Gasteiger partial charge is 0.305 e. The summed E-state index contributed by atoms with van der Waals surface area (Å²) in [5.74, 6) is -1.19. The zero-order valence-electron chi connectivity index (χ0n) is 17.5. The molecule has 1 unspecified atom stereocenters. The van der Waals surface area contributed by atoms with Crippen LogP contribution in [-0.2, 0) is 14.3 Å². The number of anilines is 1. The third-order valence-corrected chi connectivity index (χ3v) is 5.44. The van der Waals surface area contributed by atoms with Crippen molar-refractivity contribution in [3.8, 4) is 0 Å². The Balaban J connectivity index is 1.96. The van der Waals surface area contributed by atoms with Gasteiger partial charge in [0, 0.05) is 33.8 Å². The Kier molecular flexibility index (Phi) is 7.47. The molecule has 0 spiro atoms. The molecule has 1 amide bonds. The number of carbonyl (C=O) groups excluding carboxylic acids is 3. The van der Waals surface area contributed by atoms with Gasteiger partial charge < -0.3 is 15.0 Å². The highest BCUT2D eigenvalue weighted by Gasteiger charge is 2.25. The van der Waals surface area contributed by atoms with Crippen molar-refractivity contribution >= 4 is 45.9 Å². The molecular weight excluding hydrogens is 416 g/mol. The van der Waals surface area contributed by atoms with Crippen LogP contribution >= 0.6 is 11.6 Å². The standard InChI is InChI=1S/C24H25ClN2O4/c1-3-7-16(10-13-20(28)31-2)24(30)27-21-18-12-11-17(25)14-19(18)26-22(21)23(29)15-8-5-4-6-9-15/h4-6,8-9,11-12,14,16,26H,3,7,10,13H2,1-2H3,(H,27,30). The lowest BCUT2D eigenvalue weighted by Gasteiger charge is -2.16. The summed E-state index contributed by atoms with van der Waals surface area (Å²) in [5, 5.41) is 4.16. The summed E-state index contributed by atoms with van der Waals surface area (Å²) in [6.07, 6.45) is 1.95. The van der Waals surface area contributed by atoms with E-state index < -0.39 is 0 Å². The Hall–Kier alpha value is -3.12. The van der Waals surface area contributed by atoms with E-state index in [0.717, 1.165) is 6.42 Å². The molecule has 0 bridgehead atoms. The van der Waals surface area contributed by atoms with E-state index in [1.54, 1.807) is 42.5 Å². The fraction of sp³-hybridized carbons (Fsp3) is 0.292. The molecule has 2 aromatic carbocycles. The number of ether oxygens (including phenoxy) is 1. The minimum absolute atomic E-state index is 0.161. The Labute approximate surface area is 185 Å². The van der Waals surface area contributed by atoms with E-state index >= 15 is 0 Å². The van der Waals surface area contributed by atoms with Gasteiger partial charge in [0.15, 0.2) is 0 Å². The van der Waals surface area contributed by atoms with E-state index in [1.165, 1.54) is 7.11 Å². The molecule has 162 valence electrons. The van der Waals surface area contributed by atoms with Gasteiger partial charge in [-0.3, -0.25) is 14.4 Å². The summed E-state index contributed by atoms with van der Waals surface area (Å²) in [4.78, 5) is 41.0. The van der Waals surface area contributed by atoms with Crippen molar-refractivity contribution in [3.63, 3.8) is 0 Å². The van der Waals surface area contributed by atoms with Gasteiger partial charge in [-0.15, -0.1) is 0 Å². The maximum absolute atomic E-state index is 13.2. The van der Waals surface area contributed by atoms with Crippen LogP contribution in [0.3, 0.4) is 0 Å². The number of rotatable bonds is 9. The number of aromatic nitrogens is 1. The van der Waals surface area contributed by atoms with E-state index in [0.29, 0.717) is 45.7 Å². The highest BCUT2D eigenvalue weighted by atomic mass is 35.5. The molecule has 0 saturated carbocycles. The van der Waals surface area contributed by atoms with Crippen molar-refractivity contribution in [1.29, 1.82) is 0 Å². The van der Waals surface area contributed by atoms with Crippen LogP contribution in [0.2, 0.25) is 5.02 Å². The second kappa shape index (κ2) is 10.3. The lowest BCUT2D eigenvalue weighted by Crippen LogP contribution is -2.24. The van der Waals surface area contributed by atoms with Gasteiger partial charge in [0.2, 0.25) is 11.7 Å². The highest BCUT2D eigenvalue weighted by Crippen LogP contribution is 2.32. The van der Waals surface area contributed by atoms with Crippen LogP contribution in [-0.4, -0.2) is 29.8 Å². The van der Waals surface area contributed by atoms with Crippen LogP contribution in [0.5, 0.6) is 0 Å². The fourth-order valence-electron chi connectivity index (χ4n) is 3.58. The molecule has 31 heavy (non-hydrogen) atoms. The van der Waals surface area contributed by atoms with Gasteiger partial charge >= 0.3 is 5.97 Å². The van der Waals surface area contributed by atoms with Crippen molar-refractivity contribution in [2.75, 3.05) is 12.4 Å². The Morgan fingerprint density at radius 1 is 1.10 bits per heavy atom. The number of H-pyrrole nitrogens is 1. The quantitative estimate of drug-likeness (QED) is 0.346. The molecule has 2 N–H and O–H groups in total. The zero-order valence-corrected chi connectivity index (χ0v) is 18.3. The Morgan fingerprint density at radius 3 is 2.52 bits per heavy atom. The first-order chi connectivity index (χ1) is 14.9. The van der Waals surface area contributed by atoms with Crippen molar-refractivity contribution in [1.82, 2.24) is 4.98 Å². The third kappa shape index (κ3) is 5.33. The summed E-state index contributed by atoms with van der Waals surface area (Å²) >= 11 is 6.12. The Morgan fingerprint density at radius 2 is 1.84 bits per heavy atom. The van der Waals surface area contributed by atoms with Crippen molar-refractivity contribution in [2.24, 2.45) is 5.92 Å². The van der Waals surface area contributed by atoms with Crippen LogP contribution in [0.1, 0.15) is 48.7 Å². The van der Waals surface area contributed by atoms with Gasteiger partial charge in [0.05, 0.1) is 12.8 Å². The number of methoxy groups -OCH3 is 1. The molecule has 7 heteroatoms. The predicted octanol–water partition coefficient (Wildman–Crippen LogP) is 5.36. The number of aromatic amines is 1. The lowest BCUT2D eigenvalue weighted by molar-refractivity contribution is -0.141. The van der Waals surface area contributed by atoms with Gasteiger partial charge in [-0.2, -0.15) is 0 Å². The first kappa shape index (κ1) is 22.6. The van der Waals surface area contributed by atoms with Gasteiger partial charge in [-0.05, 0) is 31.0 Å². The number of ketones is 1. The van der Waals surface area contributed by atoms with Gasteiger partial charge in [0.1, 0.15) is 5.69 Å². The molecule has 3 aromatic rings. The number of hydrogen-bond acceptors (Lipinski definition) is 4. The Bertz CT molecular complexity index is 1090. The van der Waals surface area contributed by atoms with E-state index in [9.17, 15) is 14.4 Å². The number of fused-ring (bicyclic) bond motifs is 1. The summed E-state index contributed by atoms with van der Waals surface area (Å²) in [7, 11) is 1.33. The minimum Gasteiger partial charge on any atom is -0.469 e. The maximum atomic E-state index is 13.2. The number of esters is 1. The van der Waals surface area contributed by atoms with Crippen LogP contribution in [0.15, 0.2) is 48.5 Å². The van der Waals surface area contributed by atoms with E-state index in [1.807, 2.05) is 13.0 Å². The molecule has 1 heterocycles. The number of carbonyl (C=O) groups is 3. The third-order valence-electron chi connectivity index (χ3n) is 5.20. The monoisotopic (exact) mass is 440 g/mol. The number of amides is 1. The first-order valence-corrected chi connectivity index (χ1v) is 10.6. The SMILES string of the molecule is CCCC(CCC(=O)OC)C(=O)Nc1c(C(=O)c2ccccc2)[nH]c2cc(Cl)ccc12.